The van der Waals surface area contributed by atoms with Crippen molar-refractivity contribution in [1.29, 1.82) is 5.26 Å². The molecule has 2 rings (SSSR count). The number of carbonyl (C=O) groups excluding carboxylic acids is 1. The molecule has 0 bridgehead atoms. The van der Waals surface area contributed by atoms with E-state index in [2.05, 4.69) is 18.3 Å². The van der Waals surface area contributed by atoms with E-state index in [9.17, 15) is 4.79 Å². The van der Waals surface area contributed by atoms with Crippen LogP contribution in [0, 0.1) is 11.3 Å². The zero-order chi connectivity index (χ0) is 16.7. The zero-order valence-electron chi connectivity index (χ0n) is 13.5. The van der Waals surface area contributed by atoms with Gasteiger partial charge in [-0.15, -0.1) is 0 Å². The molecule has 118 valence electrons. The van der Waals surface area contributed by atoms with Crippen molar-refractivity contribution in [3.63, 3.8) is 0 Å². The van der Waals surface area contributed by atoms with Crippen LogP contribution in [0.5, 0.6) is 0 Å². The number of hydrogen-bond acceptors (Lipinski definition) is 3. The van der Waals surface area contributed by atoms with Crippen LogP contribution in [0.25, 0.3) is 0 Å². The first-order chi connectivity index (χ1) is 11.1. The van der Waals surface area contributed by atoms with E-state index in [4.69, 9.17) is 5.26 Å². The summed E-state index contributed by atoms with van der Waals surface area (Å²) in [5, 5.41) is 11.8. The zero-order valence-corrected chi connectivity index (χ0v) is 13.5. The molecule has 23 heavy (non-hydrogen) atoms. The molecule has 0 aliphatic rings. The van der Waals surface area contributed by atoms with Gasteiger partial charge in [0.2, 0.25) is 5.91 Å². The van der Waals surface area contributed by atoms with E-state index in [1.807, 2.05) is 54.4 Å². The second-order valence-corrected chi connectivity index (χ2v) is 5.58. The summed E-state index contributed by atoms with van der Waals surface area (Å²) >= 11 is 0. The Hall–Kier alpha value is -2.64. The molecular formula is C19H21N3O. The maximum atomic E-state index is 12.1. The Morgan fingerprint density at radius 3 is 2.57 bits per heavy atom. The van der Waals surface area contributed by atoms with Crippen LogP contribution in [-0.4, -0.2) is 24.4 Å². The Balaban J connectivity index is 1.87. The minimum atomic E-state index is -0.0480. The second-order valence-electron chi connectivity index (χ2n) is 5.58. The van der Waals surface area contributed by atoms with Gasteiger partial charge < -0.3 is 5.32 Å². The lowest BCUT2D eigenvalue weighted by molar-refractivity contribution is -0.117. The molecule has 0 unspecified atom stereocenters. The highest BCUT2D eigenvalue weighted by Crippen LogP contribution is 2.10. The third-order valence-corrected chi connectivity index (χ3v) is 3.57. The van der Waals surface area contributed by atoms with E-state index in [0.717, 1.165) is 17.7 Å². The summed E-state index contributed by atoms with van der Waals surface area (Å²) in [5.41, 5.74) is 3.72. The van der Waals surface area contributed by atoms with E-state index in [1.165, 1.54) is 5.56 Å². The number of nitrogens with zero attached hydrogens (tertiary/aromatic N) is 2. The topological polar surface area (TPSA) is 56.1 Å². The minimum absolute atomic E-state index is 0.0480. The Bertz CT molecular complexity index is 701. The molecular weight excluding hydrogens is 286 g/mol. The van der Waals surface area contributed by atoms with Crippen LogP contribution in [0.2, 0.25) is 0 Å². The SMILES string of the molecule is CCc1ccc(NC(=O)CN(C)Cc2cccc(C#N)c2)cc1. The van der Waals surface area contributed by atoms with Crippen LogP contribution in [0.3, 0.4) is 0 Å². The molecule has 0 spiro atoms. The summed E-state index contributed by atoms with van der Waals surface area (Å²) < 4.78 is 0. The normalized spacial score (nSPS) is 10.3. The molecule has 0 fully saturated rings. The fourth-order valence-corrected chi connectivity index (χ4v) is 2.38. The monoisotopic (exact) mass is 307 g/mol. The van der Waals surface area contributed by atoms with Gasteiger partial charge in [0, 0.05) is 12.2 Å². The third kappa shape index (κ3) is 5.24. The highest BCUT2D eigenvalue weighted by Gasteiger charge is 2.08. The molecule has 0 aliphatic carbocycles. The van der Waals surface area contributed by atoms with Gasteiger partial charge in [-0.2, -0.15) is 5.26 Å². The second kappa shape index (κ2) is 8.11. The molecule has 1 N–H and O–H groups in total. The molecule has 0 aromatic heterocycles. The Kier molecular flexibility index (Phi) is 5.90. The first kappa shape index (κ1) is 16.7. The predicted molar refractivity (Wildman–Crippen MR) is 91.9 cm³/mol. The third-order valence-electron chi connectivity index (χ3n) is 3.57. The molecule has 0 aliphatic heterocycles. The highest BCUT2D eigenvalue weighted by atomic mass is 16.2. The van der Waals surface area contributed by atoms with Crippen LogP contribution >= 0.6 is 0 Å². The number of amides is 1. The number of hydrogen-bond donors (Lipinski definition) is 1. The van der Waals surface area contributed by atoms with Crippen molar-refractivity contribution in [2.24, 2.45) is 0 Å². The summed E-state index contributed by atoms with van der Waals surface area (Å²) in [6, 6.07) is 17.4. The number of carbonyl (C=O) groups is 1. The van der Waals surface area contributed by atoms with E-state index >= 15 is 0 Å². The van der Waals surface area contributed by atoms with Crippen molar-refractivity contribution in [1.82, 2.24) is 4.90 Å². The number of anilines is 1. The van der Waals surface area contributed by atoms with Crippen molar-refractivity contribution < 1.29 is 4.79 Å². The van der Waals surface area contributed by atoms with E-state index in [-0.39, 0.29) is 5.91 Å². The fraction of sp³-hybridized carbons (Fsp3) is 0.263. The van der Waals surface area contributed by atoms with Crippen LogP contribution in [0.15, 0.2) is 48.5 Å². The molecule has 0 atom stereocenters. The Labute approximate surface area is 137 Å². The minimum Gasteiger partial charge on any atom is -0.325 e. The lowest BCUT2D eigenvalue weighted by atomic mass is 10.1. The molecule has 0 saturated carbocycles. The standard InChI is InChI=1S/C19H21N3O/c1-3-15-7-9-18(10-8-15)21-19(23)14-22(2)13-17-6-4-5-16(11-17)12-20/h4-11H,3,13-14H2,1-2H3,(H,21,23). The lowest BCUT2D eigenvalue weighted by Gasteiger charge is -2.16. The number of likely N-dealkylation sites (N-methyl/N-ethyl adjacent to an activating group) is 1. The van der Waals surface area contributed by atoms with Crippen molar-refractivity contribution in [3.05, 3.63) is 65.2 Å². The molecule has 4 heteroatoms. The average molecular weight is 307 g/mol. The van der Waals surface area contributed by atoms with Crippen molar-refractivity contribution in [2.45, 2.75) is 19.9 Å². The van der Waals surface area contributed by atoms with Crippen LogP contribution in [0.1, 0.15) is 23.6 Å². The molecule has 1 amide bonds. The molecule has 0 radical (unpaired) electrons. The summed E-state index contributed by atoms with van der Waals surface area (Å²) in [4.78, 5) is 14.0. The summed E-state index contributed by atoms with van der Waals surface area (Å²) in [7, 11) is 1.89. The van der Waals surface area contributed by atoms with Crippen molar-refractivity contribution in [3.8, 4) is 6.07 Å². The maximum Gasteiger partial charge on any atom is 0.238 e. The number of nitrogens with one attached hydrogen (secondary N) is 1. The van der Waals surface area contributed by atoms with E-state index in [1.54, 1.807) is 6.07 Å². The van der Waals surface area contributed by atoms with Crippen LogP contribution < -0.4 is 5.32 Å². The smallest absolute Gasteiger partial charge is 0.238 e. The number of aryl methyl sites for hydroxylation is 1. The summed E-state index contributed by atoms with van der Waals surface area (Å²) in [6.45, 7) is 3.02. The van der Waals surface area contributed by atoms with E-state index in [0.29, 0.717) is 18.7 Å². The van der Waals surface area contributed by atoms with Gasteiger partial charge in [0.05, 0.1) is 18.2 Å². The van der Waals surface area contributed by atoms with Gasteiger partial charge in [-0.05, 0) is 48.9 Å². The lowest BCUT2D eigenvalue weighted by Crippen LogP contribution is -2.29. The van der Waals surface area contributed by atoms with Gasteiger partial charge in [0.25, 0.3) is 0 Å². The first-order valence-corrected chi connectivity index (χ1v) is 7.67. The molecule has 4 nitrogen and oxygen atoms in total. The number of rotatable bonds is 6. The van der Waals surface area contributed by atoms with Gasteiger partial charge in [-0.3, -0.25) is 9.69 Å². The van der Waals surface area contributed by atoms with Gasteiger partial charge in [0.15, 0.2) is 0 Å². The van der Waals surface area contributed by atoms with Crippen LogP contribution in [-0.2, 0) is 17.8 Å². The largest absolute Gasteiger partial charge is 0.325 e. The average Bonchev–Trinajstić information content (AvgIpc) is 2.55. The first-order valence-electron chi connectivity index (χ1n) is 7.67. The van der Waals surface area contributed by atoms with E-state index < -0.39 is 0 Å². The molecule has 0 heterocycles. The Morgan fingerprint density at radius 2 is 1.91 bits per heavy atom. The van der Waals surface area contributed by atoms with Gasteiger partial charge in [-0.1, -0.05) is 31.2 Å². The highest BCUT2D eigenvalue weighted by molar-refractivity contribution is 5.92. The van der Waals surface area contributed by atoms with Crippen LogP contribution in [0.4, 0.5) is 5.69 Å². The summed E-state index contributed by atoms with van der Waals surface area (Å²) in [5.74, 6) is -0.0480. The number of nitriles is 1. The van der Waals surface area contributed by atoms with Gasteiger partial charge in [0.1, 0.15) is 0 Å². The molecule has 0 saturated heterocycles. The molecule has 2 aromatic rings. The quantitative estimate of drug-likeness (QED) is 0.891. The van der Waals surface area contributed by atoms with Gasteiger partial charge >= 0.3 is 0 Å². The Morgan fingerprint density at radius 1 is 1.17 bits per heavy atom. The predicted octanol–water partition coefficient (Wildman–Crippen LogP) is 3.19. The summed E-state index contributed by atoms with van der Waals surface area (Å²) in [6.07, 6.45) is 0.985. The molecule has 2 aromatic carbocycles. The van der Waals surface area contributed by atoms with Crippen molar-refractivity contribution >= 4 is 11.6 Å². The maximum absolute atomic E-state index is 12.1. The van der Waals surface area contributed by atoms with Crippen molar-refractivity contribution in [2.75, 3.05) is 18.9 Å². The van der Waals surface area contributed by atoms with Gasteiger partial charge in [-0.25, -0.2) is 0 Å². The fourth-order valence-electron chi connectivity index (χ4n) is 2.38. The number of benzene rings is 2.